The van der Waals surface area contributed by atoms with Crippen LogP contribution in [0.4, 0.5) is 0 Å². The van der Waals surface area contributed by atoms with Gasteiger partial charge in [-0.05, 0) is 18.4 Å². The standard InChI is InChI=1S/C11H18N2O/c1-12(2)9-6-5-7-11(14)8-10-13(3)4/h5-10H,1-4H3/b7-5+,9-6+,10-8+. The topological polar surface area (TPSA) is 23.6 Å². The van der Waals surface area contributed by atoms with E-state index < -0.39 is 0 Å². The molecule has 0 fully saturated rings. The van der Waals surface area contributed by atoms with Crippen molar-refractivity contribution in [3.63, 3.8) is 0 Å². The zero-order valence-corrected chi connectivity index (χ0v) is 9.27. The highest BCUT2D eigenvalue weighted by molar-refractivity contribution is 5.99. The lowest BCUT2D eigenvalue weighted by Gasteiger charge is -2.01. The minimum atomic E-state index is -0.0119. The molecule has 0 aliphatic carbocycles. The largest absolute Gasteiger partial charge is 0.383 e. The predicted octanol–water partition coefficient (Wildman–Crippen LogP) is 1.26. The van der Waals surface area contributed by atoms with E-state index in [-0.39, 0.29) is 5.78 Å². The molecule has 0 aromatic rings. The van der Waals surface area contributed by atoms with Crippen LogP contribution in [0.2, 0.25) is 0 Å². The summed E-state index contributed by atoms with van der Waals surface area (Å²) in [5.41, 5.74) is 0. The van der Waals surface area contributed by atoms with Crippen LogP contribution in [-0.4, -0.2) is 43.8 Å². The van der Waals surface area contributed by atoms with Crippen molar-refractivity contribution in [2.75, 3.05) is 28.2 Å². The molecule has 0 amide bonds. The molecule has 0 aliphatic rings. The summed E-state index contributed by atoms with van der Waals surface area (Å²) in [6, 6.07) is 0. The van der Waals surface area contributed by atoms with Gasteiger partial charge in [-0.25, -0.2) is 0 Å². The molecule has 14 heavy (non-hydrogen) atoms. The van der Waals surface area contributed by atoms with Crippen molar-refractivity contribution < 1.29 is 4.79 Å². The van der Waals surface area contributed by atoms with Gasteiger partial charge >= 0.3 is 0 Å². The number of carbonyl (C=O) groups excluding carboxylic acids is 1. The van der Waals surface area contributed by atoms with Crippen molar-refractivity contribution in [1.82, 2.24) is 9.80 Å². The molecular formula is C11H18N2O. The molecule has 3 nitrogen and oxygen atoms in total. The quantitative estimate of drug-likeness (QED) is 0.486. The summed E-state index contributed by atoms with van der Waals surface area (Å²) in [7, 11) is 7.61. The molecule has 0 aliphatic heterocycles. The smallest absolute Gasteiger partial charge is 0.180 e. The molecule has 78 valence electrons. The fourth-order valence-electron chi connectivity index (χ4n) is 0.650. The molecule has 0 unspecified atom stereocenters. The van der Waals surface area contributed by atoms with Crippen LogP contribution in [0.5, 0.6) is 0 Å². The van der Waals surface area contributed by atoms with Crippen molar-refractivity contribution in [2.45, 2.75) is 0 Å². The van der Waals surface area contributed by atoms with Crippen LogP contribution in [-0.2, 0) is 4.79 Å². The molecule has 0 saturated carbocycles. The summed E-state index contributed by atoms with van der Waals surface area (Å²) >= 11 is 0. The second-order valence-corrected chi connectivity index (χ2v) is 3.35. The van der Waals surface area contributed by atoms with Gasteiger partial charge in [-0.15, -0.1) is 0 Å². The highest BCUT2D eigenvalue weighted by atomic mass is 16.1. The van der Waals surface area contributed by atoms with Crippen molar-refractivity contribution in [1.29, 1.82) is 0 Å². The Balaban J connectivity index is 3.94. The van der Waals surface area contributed by atoms with Crippen molar-refractivity contribution in [2.24, 2.45) is 0 Å². The molecule has 0 saturated heterocycles. The zero-order valence-electron chi connectivity index (χ0n) is 9.27. The molecule has 0 N–H and O–H groups in total. The van der Waals surface area contributed by atoms with Gasteiger partial charge in [0.1, 0.15) is 0 Å². The Morgan fingerprint density at radius 2 is 1.43 bits per heavy atom. The average molecular weight is 194 g/mol. The van der Waals surface area contributed by atoms with Crippen LogP contribution in [0, 0.1) is 0 Å². The lowest BCUT2D eigenvalue weighted by molar-refractivity contribution is -0.110. The summed E-state index contributed by atoms with van der Waals surface area (Å²) in [5.74, 6) is -0.0119. The molecule has 0 aromatic heterocycles. The van der Waals surface area contributed by atoms with E-state index in [4.69, 9.17) is 0 Å². The van der Waals surface area contributed by atoms with Gasteiger partial charge in [0.2, 0.25) is 0 Å². The summed E-state index contributed by atoms with van der Waals surface area (Å²) in [4.78, 5) is 14.9. The fourth-order valence-corrected chi connectivity index (χ4v) is 0.650. The van der Waals surface area contributed by atoms with Gasteiger partial charge in [0.15, 0.2) is 5.78 Å². The van der Waals surface area contributed by atoms with Gasteiger partial charge in [0, 0.05) is 40.5 Å². The molecule has 3 heteroatoms. The number of carbonyl (C=O) groups is 1. The first-order valence-electron chi connectivity index (χ1n) is 4.42. The van der Waals surface area contributed by atoms with E-state index in [1.54, 1.807) is 12.3 Å². The molecule has 0 heterocycles. The van der Waals surface area contributed by atoms with Crippen LogP contribution >= 0.6 is 0 Å². The van der Waals surface area contributed by atoms with E-state index in [0.29, 0.717) is 0 Å². The Bertz CT molecular complexity index is 250. The summed E-state index contributed by atoms with van der Waals surface area (Å²) in [5, 5.41) is 0. The minimum Gasteiger partial charge on any atom is -0.383 e. The van der Waals surface area contributed by atoms with Crippen molar-refractivity contribution in [3.8, 4) is 0 Å². The van der Waals surface area contributed by atoms with Crippen LogP contribution in [0.15, 0.2) is 36.7 Å². The highest BCUT2D eigenvalue weighted by Crippen LogP contribution is 1.85. The predicted molar refractivity (Wildman–Crippen MR) is 59.8 cm³/mol. The third kappa shape index (κ3) is 8.59. The lowest BCUT2D eigenvalue weighted by Crippen LogP contribution is -2.01. The van der Waals surface area contributed by atoms with Crippen LogP contribution in [0.3, 0.4) is 0 Å². The number of ketones is 1. The molecule has 0 aromatic carbocycles. The Morgan fingerprint density at radius 3 is 1.93 bits per heavy atom. The molecule has 0 atom stereocenters. The Labute approximate surface area is 86.0 Å². The van der Waals surface area contributed by atoms with Crippen molar-refractivity contribution in [3.05, 3.63) is 36.7 Å². The van der Waals surface area contributed by atoms with Crippen LogP contribution in [0.25, 0.3) is 0 Å². The first-order valence-corrected chi connectivity index (χ1v) is 4.42. The lowest BCUT2D eigenvalue weighted by atomic mass is 10.3. The van der Waals surface area contributed by atoms with Crippen LogP contribution < -0.4 is 0 Å². The van der Waals surface area contributed by atoms with E-state index >= 15 is 0 Å². The summed E-state index contributed by atoms with van der Waals surface area (Å²) < 4.78 is 0. The van der Waals surface area contributed by atoms with Gasteiger partial charge in [-0.2, -0.15) is 0 Å². The Hall–Kier alpha value is -1.51. The van der Waals surface area contributed by atoms with Crippen molar-refractivity contribution >= 4 is 5.78 Å². The van der Waals surface area contributed by atoms with E-state index in [1.807, 2.05) is 50.3 Å². The van der Waals surface area contributed by atoms with Gasteiger partial charge in [0.05, 0.1) is 0 Å². The van der Waals surface area contributed by atoms with Crippen LogP contribution in [0.1, 0.15) is 0 Å². The third-order valence-electron chi connectivity index (χ3n) is 1.29. The zero-order chi connectivity index (χ0) is 11.0. The van der Waals surface area contributed by atoms with E-state index in [1.165, 1.54) is 12.2 Å². The first-order chi connectivity index (χ1) is 6.52. The van der Waals surface area contributed by atoms with Gasteiger partial charge in [-0.3, -0.25) is 4.79 Å². The molecule has 0 spiro atoms. The summed E-state index contributed by atoms with van der Waals surface area (Å²) in [6.07, 6.45) is 10.2. The monoisotopic (exact) mass is 194 g/mol. The average Bonchev–Trinajstić information content (AvgIpc) is 2.08. The van der Waals surface area contributed by atoms with Gasteiger partial charge in [0.25, 0.3) is 0 Å². The second kappa shape index (κ2) is 6.95. The first kappa shape index (κ1) is 12.5. The molecule has 0 rings (SSSR count). The number of hydrogen-bond donors (Lipinski definition) is 0. The fraction of sp³-hybridized carbons (Fsp3) is 0.364. The third-order valence-corrected chi connectivity index (χ3v) is 1.29. The Kier molecular flexibility index (Phi) is 6.20. The number of hydrogen-bond acceptors (Lipinski definition) is 3. The number of rotatable bonds is 5. The molecular weight excluding hydrogens is 176 g/mol. The molecule has 0 bridgehead atoms. The van der Waals surface area contributed by atoms with E-state index in [2.05, 4.69) is 0 Å². The summed E-state index contributed by atoms with van der Waals surface area (Å²) in [6.45, 7) is 0. The maximum absolute atomic E-state index is 11.1. The maximum atomic E-state index is 11.1. The maximum Gasteiger partial charge on any atom is 0.180 e. The van der Waals surface area contributed by atoms with E-state index in [0.717, 1.165) is 0 Å². The van der Waals surface area contributed by atoms with Gasteiger partial charge < -0.3 is 9.80 Å². The Morgan fingerprint density at radius 1 is 0.857 bits per heavy atom. The SMILES string of the molecule is CN(C)/C=C/C=C/C(=O)/C=C/N(C)C. The normalized spacial score (nSPS) is 11.7. The van der Waals surface area contributed by atoms with Gasteiger partial charge in [-0.1, -0.05) is 6.08 Å². The minimum absolute atomic E-state index is 0.0119. The number of nitrogens with zero attached hydrogens (tertiary/aromatic N) is 2. The number of allylic oxidation sites excluding steroid dienone is 4. The van der Waals surface area contributed by atoms with E-state index in [9.17, 15) is 4.79 Å². The molecule has 0 radical (unpaired) electrons. The second-order valence-electron chi connectivity index (χ2n) is 3.35. The highest BCUT2D eigenvalue weighted by Gasteiger charge is 1.86.